The van der Waals surface area contributed by atoms with Gasteiger partial charge in [-0.1, -0.05) is 0 Å². The van der Waals surface area contributed by atoms with Crippen molar-refractivity contribution >= 4 is 22.8 Å². The molecule has 0 aliphatic carbocycles. The van der Waals surface area contributed by atoms with Crippen LogP contribution < -0.4 is 15.0 Å². The number of carbonyl (C=O) groups is 1. The van der Waals surface area contributed by atoms with E-state index in [0.29, 0.717) is 12.5 Å². The Morgan fingerprint density at radius 3 is 3.00 bits per heavy atom. The lowest BCUT2D eigenvalue weighted by Crippen LogP contribution is -2.46. The number of hydrogen-bond acceptors (Lipinski definition) is 6. The number of benzene rings is 1. The third-order valence-electron chi connectivity index (χ3n) is 5.42. The molecule has 1 amide bonds. The van der Waals surface area contributed by atoms with Crippen molar-refractivity contribution in [3.05, 3.63) is 23.9 Å². The van der Waals surface area contributed by atoms with E-state index in [4.69, 9.17) is 14.5 Å². The first-order chi connectivity index (χ1) is 13.2. The number of nitrogens with one attached hydrogen (secondary N) is 1. The van der Waals surface area contributed by atoms with Crippen LogP contribution in [-0.4, -0.2) is 54.8 Å². The van der Waals surface area contributed by atoms with Gasteiger partial charge in [-0.05, 0) is 50.8 Å². The van der Waals surface area contributed by atoms with Crippen molar-refractivity contribution in [2.24, 2.45) is 0 Å². The molecule has 0 radical (unpaired) electrons. The summed E-state index contributed by atoms with van der Waals surface area (Å²) in [5, 5.41) is 4.02. The van der Waals surface area contributed by atoms with Gasteiger partial charge in [0.2, 0.25) is 11.9 Å². The van der Waals surface area contributed by atoms with Gasteiger partial charge in [-0.2, -0.15) is 0 Å². The Morgan fingerprint density at radius 2 is 2.22 bits per heavy atom. The number of methoxy groups -OCH3 is 1. The van der Waals surface area contributed by atoms with E-state index in [0.717, 1.165) is 61.2 Å². The van der Waals surface area contributed by atoms with Crippen molar-refractivity contribution in [1.82, 2.24) is 15.3 Å². The molecule has 2 fully saturated rings. The van der Waals surface area contributed by atoms with Gasteiger partial charge in [0.25, 0.3) is 0 Å². The lowest BCUT2D eigenvalue weighted by molar-refractivity contribution is -0.122. The van der Waals surface area contributed by atoms with Crippen molar-refractivity contribution in [2.75, 3.05) is 31.7 Å². The molecule has 0 saturated carbocycles. The topological polar surface area (TPSA) is 76.6 Å². The summed E-state index contributed by atoms with van der Waals surface area (Å²) < 4.78 is 10.9. The molecule has 2 aromatic rings. The molecule has 4 rings (SSSR count). The number of aryl methyl sites for hydroxylation is 1. The Hall–Kier alpha value is -2.41. The fraction of sp³-hybridized carbons (Fsp3) is 0.550. The second-order valence-corrected chi connectivity index (χ2v) is 7.22. The number of hydrogen-bond donors (Lipinski definition) is 1. The molecule has 1 aromatic heterocycles. The van der Waals surface area contributed by atoms with Gasteiger partial charge in [-0.3, -0.25) is 4.79 Å². The van der Waals surface area contributed by atoms with E-state index in [1.807, 2.05) is 30.0 Å². The van der Waals surface area contributed by atoms with Gasteiger partial charge in [0, 0.05) is 25.1 Å². The van der Waals surface area contributed by atoms with Crippen molar-refractivity contribution in [3.8, 4) is 5.75 Å². The maximum absolute atomic E-state index is 12.7. The third kappa shape index (κ3) is 3.69. The Morgan fingerprint density at radius 1 is 1.33 bits per heavy atom. The Labute approximate surface area is 159 Å². The fourth-order valence-electron chi connectivity index (χ4n) is 3.92. The van der Waals surface area contributed by atoms with Crippen molar-refractivity contribution < 1.29 is 14.3 Å². The summed E-state index contributed by atoms with van der Waals surface area (Å²) in [6.45, 7) is 4.14. The van der Waals surface area contributed by atoms with Crippen LogP contribution in [0.3, 0.4) is 0 Å². The summed E-state index contributed by atoms with van der Waals surface area (Å²) in [5.41, 5.74) is 1.75. The first-order valence-electron chi connectivity index (χ1n) is 9.64. The van der Waals surface area contributed by atoms with E-state index >= 15 is 0 Å². The molecular weight excluding hydrogens is 344 g/mol. The second-order valence-electron chi connectivity index (χ2n) is 7.22. The number of amides is 1. The Bertz CT molecular complexity index is 835. The summed E-state index contributed by atoms with van der Waals surface area (Å²) in [6, 6.07) is 5.56. The predicted octanol–water partition coefficient (Wildman–Crippen LogP) is 2.21. The monoisotopic (exact) mass is 370 g/mol. The molecule has 0 unspecified atom stereocenters. The summed E-state index contributed by atoms with van der Waals surface area (Å²) in [6.07, 6.45) is 4.02. The predicted molar refractivity (Wildman–Crippen MR) is 103 cm³/mol. The van der Waals surface area contributed by atoms with Gasteiger partial charge in [-0.25, -0.2) is 9.97 Å². The number of carbonyl (C=O) groups excluding carboxylic acids is 1. The zero-order valence-corrected chi connectivity index (χ0v) is 15.9. The van der Waals surface area contributed by atoms with E-state index in [1.54, 1.807) is 7.11 Å². The molecule has 2 aliphatic rings. The van der Waals surface area contributed by atoms with Gasteiger partial charge in [0.15, 0.2) is 0 Å². The van der Waals surface area contributed by atoms with Crippen LogP contribution in [0.25, 0.3) is 10.9 Å². The number of ether oxygens (including phenoxy) is 2. The highest BCUT2D eigenvalue weighted by atomic mass is 16.5. The molecule has 27 heavy (non-hydrogen) atoms. The SMILES string of the molecule is COc1ccc2nc(N3CCC[C@H]3C(=O)NC[C@H]3CCCO3)nc(C)c2c1. The molecule has 2 atom stereocenters. The molecule has 1 N–H and O–H groups in total. The van der Waals surface area contributed by atoms with Crippen LogP contribution in [0, 0.1) is 6.92 Å². The Balaban J connectivity index is 1.53. The molecule has 1 aromatic carbocycles. The maximum Gasteiger partial charge on any atom is 0.242 e. The molecular formula is C20H26N4O3. The Kier molecular flexibility index (Phi) is 5.11. The van der Waals surface area contributed by atoms with Gasteiger partial charge in [0.05, 0.1) is 24.4 Å². The third-order valence-corrected chi connectivity index (χ3v) is 5.42. The normalized spacial score (nSPS) is 22.4. The summed E-state index contributed by atoms with van der Waals surface area (Å²) in [7, 11) is 1.65. The molecule has 0 bridgehead atoms. The number of rotatable bonds is 5. The standard InChI is InChI=1S/C20H26N4O3/c1-13-16-11-14(26-2)7-8-17(16)23-20(22-13)24-9-3-6-18(24)19(25)21-12-15-5-4-10-27-15/h7-8,11,15,18H,3-6,9-10,12H2,1-2H3,(H,21,25)/t15-,18+/m1/s1. The molecule has 0 spiro atoms. The molecule has 7 nitrogen and oxygen atoms in total. The first-order valence-corrected chi connectivity index (χ1v) is 9.64. The lowest BCUT2D eigenvalue weighted by Gasteiger charge is -2.25. The number of nitrogens with zero attached hydrogens (tertiary/aromatic N) is 3. The highest BCUT2D eigenvalue weighted by Crippen LogP contribution is 2.27. The quantitative estimate of drug-likeness (QED) is 0.870. The van der Waals surface area contributed by atoms with E-state index in [2.05, 4.69) is 10.3 Å². The number of anilines is 1. The van der Waals surface area contributed by atoms with Crippen LogP contribution in [-0.2, 0) is 9.53 Å². The van der Waals surface area contributed by atoms with Gasteiger partial charge >= 0.3 is 0 Å². The fourth-order valence-corrected chi connectivity index (χ4v) is 3.92. The average molecular weight is 370 g/mol. The van der Waals surface area contributed by atoms with Crippen molar-refractivity contribution in [3.63, 3.8) is 0 Å². The van der Waals surface area contributed by atoms with Crippen molar-refractivity contribution in [1.29, 1.82) is 0 Å². The van der Waals surface area contributed by atoms with Crippen LogP contribution in [0.5, 0.6) is 5.75 Å². The molecule has 2 aliphatic heterocycles. The van der Waals surface area contributed by atoms with E-state index in [9.17, 15) is 4.79 Å². The average Bonchev–Trinajstić information content (AvgIpc) is 3.37. The zero-order chi connectivity index (χ0) is 18.8. The van der Waals surface area contributed by atoms with Crippen LogP contribution in [0.15, 0.2) is 18.2 Å². The van der Waals surface area contributed by atoms with Crippen LogP contribution in [0.2, 0.25) is 0 Å². The van der Waals surface area contributed by atoms with Crippen LogP contribution >= 0.6 is 0 Å². The molecule has 2 saturated heterocycles. The minimum Gasteiger partial charge on any atom is -0.497 e. The van der Waals surface area contributed by atoms with E-state index in [-0.39, 0.29) is 18.1 Å². The van der Waals surface area contributed by atoms with E-state index < -0.39 is 0 Å². The van der Waals surface area contributed by atoms with Gasteiger partial charge < -0.3 is 19.7 Å². The molecule has 7 heteroatoms. The highest BCUT2D eigenvalue weighted by Gasteiger charge is 2.33. The number of aromatic nitrogens is 2. The zero-order valence-electron chi connectivity index (χ0n) is 15.9. The maximum atomic E-state index is 12.7. The lowest BCUT2D eigenvalue weighted by atomic mass is 10.2. The minimum atomic E-state index is -0.221. The summed E-state index contributed by atoms with van der Waals surface area (Å²) in [4.78, 5) is 24.2. The smallest absolute Gasteiger partial charge is 0.242 e. The molecule has 3 heterocycles. The van der Waals surface area contributed by atoms with Crippen LogP contribution in [0.1, 0.15) is 31.4 Å². The second kappa shape index (κ2) is 7.68. The van der Waals surface area contributed by atoms with Crippen molar-refractivity contribution in [2.45, 2.75) is 44.8 Å². The summed E-state index contributed by atoms with van der Waals surface area (Å²) >= 11 is 0. The van der Waals surface area contributed by atoms with Crippen LogP contribution in [0.4, 0.5) is 5.95 Å². The highest BCUT2D eigenvalue weighted by molar-refractivity contribution is 5.87. The molecule has 144 valence electrons. The number of fused-ring (bicyclic) bond motifs is 1. The summed E-state index contributed by atoms with van der Waals surface area (Å²) in [5.74, 6) is 1.45. The van der Waals surface area contributed by atoms with E-state index in [1.165, 1.54) is 0 Å². The minimum absolute atomic E-state index is 0.0408. The van der Waals surface area contributed by atoms with Gasteiger partial charge in [-0.15, -0.1) is 0 Å². The van der Waals surface area contributed by atoms with Gasteiger partial charge in [0.1, 0.15) is 11.8 Å². The largest absolute Gasteiger partial charge is 0.497 e. The first kappa shape index (κ1) is 18.0.